The second-order valence-electron chi connectivity index (χ2n) is 8.22. The first-order valence-electron chi connectivity index (χ1n) is 9.68. The summed E-state index contributed by atoms with van der Waals surface area (Å²) in [6.45, 7) is 6.41. The number of amides is 2. The highest BCUT2D eigenvalue weighted by molar-refractivity contribution is 6.12. The van der Waals surface area contributed by atoms with E-state index in [-0.39, 0.29) is 11.5 Å². The van der Waals surface area contributed by atoms with Gasteiger partial charge in [-0.15, -0.1) is 0 Å². The van der Waals surface area contributed by atoms with Crippen LogP contribution in [0.1, 0.15) is 31.1 Å². The molecule has 0 bridgehead atoms. The van der Waals surface area contributed by atoms with Gasteiger partial charge < -0.3 is 15.0 Å². The summed E-state index contributed by atoms with van der Waals surface area (Å²) in [5, 5.41) is 3.33. The molecule has 0 saturated heterocycles. The number of benzene rings is 2. The van der Waals surface area contributed by atoms with Crippen LogP contribution in [0.5, 0.6) is 5.75 Å². The lowest BCUT2D eigenvalue weighted by Gasteiger charge is -2.34. The van der Waals surface area contributed by atoms with E-state index in [1.165, 1.54) is 12.1 Å². The molecule has 1 aliphatic heterocycles. The van der Waals surface area contributed by atoms with Gasteiger partial charge >= 0.3 is 0 Å². The van der Waals surface area contributed by atoms with E-state index < -0.39 is 17.1 Å². The molecule has 0 saturated carbocycles. The molecule has 154 valence electrons. The summed E-state index contributed by atoms with van der Waals surface area (Å²) in [4.78, 5) is 31.6. The topological polar surface area (TPSA) is 71.5 Å². The van der Waals surface area contributed by atoms with Crippen LogP contribution < -0.4 is 15.0 Å². The number of nitrogens with one attached hydrogen (secondary N) is 1. The maximum atomic E-state index is 14.0. The molecular weight excluding hydrogens is 385 g/mol. The Labute approximate surface area is 173 Å². The van der Waals surface area contributed by atoms with Crippen LogP contribution in [0.2, 0.25) is 0 Å². The number of carbonyl (C=O) groups excluding carboxylic acids is 2. The largest absolute Gasteiger partial charge is 0.490 e. The van der Waals surface area contributed by atoms with Gasteiger partial charge in [-0.2, -0.15) is 0 Å². The Hall–Kier alpha value is -3.48. The minimum Gasteiger partial charge on any atom is -0.490 e. The predicted octanol–water partition coefficient (Wildman–Crippen LogP) is 4.40. The summed E-state index contributed by atoms with van der Waals surface area (Å²) in [6.07, 6.45) is 1.56. The molecule has 7 heteroatoms. The molecule has 30 heavy (non-hydrogen) atoms. The van der Waals surface area contributed by atoms with Gasteiger partial charge in [-0.3, -0.25) is 14.6 Å². The number of rotatable bonds is 2. The fourth-order valence-corrected chi connectivity index (χ4v) is 3.44. The molecule has 6 nitrogen and oxygen atoms in total. The number of aromatic nitrogens is 1. The molecule has 0 fully saturated rings. The van der Waals surface area contributed by atoms with Crippen molar-refractivity contribution in [2.45, 2.75) is 20.8 Å². The first-order chi connectivity index (χ1) is 14.2. The lowest BCUT2D eigenvalue weighted by molar-refractivity contribution is -0.126. The Morgan fingerprint density at radius 1 is 1.17 bits per heavy atom. The molecule has 0 spiro atoms. The van der Waals surface area contributed by atoms with E-state index in [4.69, 9.17) is 4.74 Å². The number of anilines is 2. The summed E-state index contributed by atoms with van der Waals surface area (Å²) < 4.78 is 19.7. The number of nitrogens with zero attached hydrogens (tertiary/aromatic N) is 2. The third-order valence-electron chi connectivity index (χ3n) is 4.88. The molecule has 3 aromatic rings. The van der Waals surface area contributed by atoms with Gasteiger partial charge in [0.25, 0.3) is 5.91 Å². The molecule has 1 aliphatic rings. The van der Waals surface area contributed by atoms with Crippen molar-refractivity contribution in [2.24, 2.45) is 5.41 Å². The van der Waals surface area contributed by atoms with E-state index in [9.17, 15) is 14.0 Å². The Kier molecular flexibility index (Phi) is 4.89. The highest BCUT2D eigenvalue weighted by atomic mass is 19.1. The molecule has 2 aromatic carbocycles. The zero-order valence-corrected chi connectivity index (χ0v) is 17.0. The van der Waals surface area contributed by atoms with Gasteiger partial charge in [0.05, 0.1) is 23.3 Å². The van der Waals surface area contributed by atoms with Gasteiger partial charge in [0.1, 0.15) is 18.2 Å². The maximum absolute atomic E-state index is 14.0. The Bertz CT molecular complexity index is 1150. The van der Waals surface area contributed by atoms with Gasteiger partial charge in [0.2, 0.25) is 5.91 Å². The van der Waals surface area contributed by atoms with E-state index in [0.717, 1.165) is 0 Å². The highest BCUT2D eigenvalue weighted by Gasteiger charge is 2.32. The minimum atomic E-state index is -0.556. The van der Waals surface area contributed by atoms with Crippen molar-refractivity contribution in [1.29, 1.82) is 0 Å². The monoisotopic (exact) mass is 407 g/mol. The molecular formula is C23H22FN3O3. The van der Waals surface area contributed by atoms with Crippen molar-refractivity contribution in [3.63, 3.8) is 0 Å². The van der Waals surface area contributed by atoms with E-state index in [0.29, 0.717) is 41.2 Å². The molecule has 1 aromatic heterocycles. The van der Waals surface area contributed by atoms with Gasteiger partial charge in [0, 0.05) is 22.7 Å². The van der Waals surface area contributed by atoms with Crippen LogP contribution in [-0.4, -0.2) is 29.9 Å². The van der Waals surface area contributed by atoms with Gasteiger partial charge in [-0.25, -0.2) is 4.39 Å². The maximum Gasteiger partial charge on any atom is 0.257 e. The van der Waals surface area contributed by atoms with Crippen molar-refractivity contribution in [1.82, 2.24) is 4.98 Å². The number of hydrogen-bond donors (Lipinski definition) is 1. The van der Waals surface area contributed by atoms with Crippen LogP contribution >= 0.6 is 0 Å². The Balaban J connectivity index is 1.67. The second-order valence-corrected chi connectivity index (χ2v) is 8.22. The average Bonchev–Trinajstić information content (AvgIpc) is 2.71. The summed E-state index contributed by atoms with van der Waals surface area (Å²) in [7, 11) is 0. The zero-order chi connectivity index (χ0) is 21.5. The molecule has 0 radical (unpaired) electrons. The number of hydrogen-bond acceptors (Lipinski definition) is 4. The zero-order valence-electron chi connectivity index (χ0n) is 17.0. The Morgan fingerprint density at radius 2 is 1.97 bits per heavy atom. The molecule has 0 atom stereocenters. The van der Waals surface area contributed by atoms with Crippen molar-refractivity contribution < 1.29 is 18.7 Å². The van der Waals surface area contributed by atoms with E-state index in [1.807, 2.05) is 20.8 Å². The average molecular weight is 407 g/mol. The number of halogens is 1. The first-order valence-corrected chi connectivity index (χ1v) is 9.68. The third kappa shape index (κ3) is 3.70. The third-order valence-corrected chi connectivity index (χ3v) is 4.88. The fourth-order valence-electron chi connectivity index (χ4n) is 3.44. The number of fused-ring (bicyclic) bond motifs is 2. The second kappa shape index (κ2) is 7.40. The lowest BCUT2D eigenvalue weighted by atomic mass is 9.94. The standard InChI is InChI=1S/C23H22FN3O3/c1-23(2,3)22(29)27-9-10-30-19-7-6-16(13-18(19)27)26-21(28)17-12-15(24)11-14-5-4-8-25-20(14)17/h4-8,11-13H,9-10H2,1-3H3,(H,26,28). The molecule has 1 N–H and O–H groups in total. The summed E-state index contributed by atoms with van der Waals surface area (Å²) in [5.41, 5.74) is 1.08. The first kappa shape index (κ1) is 19.8. The highest BCUT2D eigenvalue weighted by Crippen LogP contribution is 2.36. The van der Waals surface area contributed by atoms with Gasteiger partial charge in [-0.05, 0) is 36.4 Å². The number of carbonyl (C=O) groups is 2. The quantitative estimate of drug-likeness (QED) is 0.684. The number of ether oxygens (including phenoxy) is 1. The smallest absolute Gasteiger partial charge is 0.257 e. The van der Waals surface area contributed by atoms with E-state index in [1.54, 1.807) is 41.4 Å². The SMILES string of the molecule is CC(C)(C)C(=O)N1CCOc2ccc(NC(=O)c3cc(F)cc4cccnc34)cc21. The van der Waals surface area contributed by atoms with Crippen molar-refractivity contribution in [3.8, 4) is 5.75 Å². The van der Waals surface area contributed by atoms with Crippen molar-refractivity contribution >= 4 is 34.1 Å². The van der Waals surface area contributed by atoms with Crippen LogP contribution in [-0.2, 0) is 4.79 Å². The van der Waals surface area contributed by atoms with Crippen LogP contribution in [0.4, 0.5) is 15.8 Å². The van der Waals surface area contributed by atoms with Crippen LogP contribution in [0.15, 0.2) is 48.7 Å². The predicted molar refractivity (Wildman–Crippen MR) is 113 cm³/mol. The molecule has 2 amide bonds. The Morgan fingerprint density at radius 3 is 2.73 bits per heavy atom. The summed E-state index contributed by atoms with van der Waals surface area (Å²) >= 11 is 0. The minimum absolute atomic E-state index is 0.0316. The summed E-state index contributed by atoms with van der Waals surface area (Å²) in [6, 6.07) is 11.0. The van der Waals surface area contributed by atoms with Gasteiger partial charge in [0.15, 0.2) is 0 Å². The van der Waals surface area contributed by atoms with Crippen molar-refractivity contribution in [2.75, 3.05) is 23.4 Å². The van der Waals surface area contributed by atoms with Crippen LogP contribution in [0, 0.1) is 11.2 Å². The van der Waals surface area contributed by atoms with E-state index in [2.05, 4.69) is 10.3 Å². The van der Waals surface area contributed by atoms with Crippen LogP contribution in [0.25, 0.3) is 10.9 Å². The lowest BCUT2D eigenvalue weighted by Crippen LogP contribution is -2.44. The van der Waals surface area contributed by atoms with Crippen molar-refractivity contribution in [3.05, 3.63) is 60.0 Å². The normalized spacial score (nSPS) is 13.5. The fraction of sp³-hybridized carbons (Fsp3) is 0.261. The molecule has 0 unspecified atom stereocenters. The molecule has 4 rings (SSSR count). The molecule has 2 heterocycles. The number of pyridine rings is 1. The molecule has 0 aliphatic carbocycles. The summed E-state index contributed by atoms with van der Waals surface area (Å²) in [5.74, 6) is -0.449. The van der Waals surface area contributed by atoms with Gasteiger partial charge in [-0.1, -0.05) is 26.8 Å². The van der Waals surface area contributed by atoms with E-state index >= 15 is 0 Å². The van der Waals surface area contributed by atoms with Crippen LogP contribution in [0.3, 0.4) is 0 Å².